The average molecular weight is 510 g/mol. The van der Waals surface area contributed by atoms with Gasteiger partial charge in [-0.15, -0.1) is 0 Å². The van der Waals surface area contributed by atoms with Gasteiger partial charge in [0.05, 0.1) is 18.8 Å². The van der Waals surface area contributed by atoms with E-state index in [1.54, 1.807) is 24.3 Å². The predicted octanol–water partition coefficient (Wildman–Crippen LogP) is 6.00. The van der Waals surface area contributed by atoms with Gasteiger partial charge in [-0.3, -0.25) is 0 Å². The molecule has 0 N–H and O–H groups in total. The van der Waals surface area contributed by atoms with Crippen LogP contribution in [-0.2, 0) is 21.5 Å². The van der Waals surface area contributed by atoms with E-state index in [2.05, 4.69) is 31.0 Å². The summed E-state index contributed by atoms with van der Waals surface area (Å²) in [6, 6.07) is 16.7. The topological polar surface area (TPSA) is 40.2 Å². The van der Waals surface area contributed by atoms with Crippen LogP contribution in [0.15, 0.2) is 60.7 Å². The molecule has 0 saturated carbocycles. The van der Waals surface area contributed by atoms with Crippen molar-refractivity contribution < 1.29 is 27.7 Å². The van der Waals surface area contributed by atoms with E-state index in [0.717, 1.165) is 48.4 Å². The maximum Gasteiger partial charge on any atom is 0.231 e. The molecule has 0 aliphatic carbocycles. The largest absolute Gasteiger partial charge is 0.454 e. The first-order valence-electron chi connectivity index (χ1n) is 12.9. The van der Waals surface area contributed by atoms with Gasteiger partial charge in [0.15, 0.2) is 11.5 Å². The van der Waals surface area contributed by atoms with Gasteiger partial charge in [-0.05, 0) is 85.0 Å². The number of rotatable bonds is 10. The molecule has 196 valence electrons. The van der Waals surface area contributed by atoms with Crippen molar-refractivity contribution in [1.29, 1.82) is 0 Å². The van der Waals surface area contributed by atoms with E-state index in [0.29, 0.717) is 19.8 Å². The Balaban J connectivity index is 1.22. The van der Waals surface area contributed by atoms with Crippen LogP contribution in [0.3, 0.4) is 0 Å². The highest BCUT2D eigenvalue weighted by Gasteiger charge is 2.38. The molecule has 0 radical (unpaired) electrons. The zero-order valence-electron chi connectivity index (χ0n) is 21.3. The van der Waals surface area contributed by atoms with Gasteiger partial charge < -0.3 is 23.8 Å². The van der Waals surface area contributed by atoms with Crippen molar-refractivity contribution >= 4 is 0 Å². The molecule has 3 aromatic carbocycles. The lowest BCUT2D eigenvalue weighted by Gasteiger charge is -2.40. The van der Waals surface area contributed by atoms with Gasteiger partial charge in [-0.2, -0.15) is 0 Å². The summed E-state index contributed by atoms with van der Waals surface area (Å²) in [5, 5.41) is 0. The number of halogens is 2. The van der Waals surface area contributed by atoms with Crippen LogP contribution in [0.2, 0.25) is 0 Å². The number of hydrogen-bond acceptors (Lipinski definition) is 5. The third-order valence-electron chi connectivity index (χ3n) is 7.41. The third-order valence-corrected chi connectivity index (χ3v) is 7.41. The minimum Gasteiger partial charge on any atom is -0.454 e. The van der Waals surface area contributed by atoms with Crippen molar-refractivity contribution in [3.63, 3.8) is 0 Å². The minimum absolute atomic E-state index is 0.262. The van der Waals surface area contributed by atoms with E-state index in [9.17, 15) is 8.78 Å². The molecule has 5 rings (SSSR count). The Morgan fingerprint density at radius 1 is 0.919 bits per heavy atom. The zero-order valence-corrected chi connectivity index (χ0v) is 21.3. The van der Waals surface area contributed by atoms with Crippen molar-refractivity contribution in [2.45, 2.75) is 37.9 Å². The molecule has 2 aliphatic rings. The third kappa shape index (κ3) is 5.64. The van der Waals surface area contributed by atoms with Gasteiger partial charge in [-0.25, -0.2) is 8.78 Å². The number of benzene rings is 3. The molecule has 0 saturated heterocycles. The smallest absolute Gasteiger partial charge is 0.231 e. The molecule has 5 nitrogen and oxygen atoms in total. The van der Waals surface area contributed by atoms with Gasteiger partial charge in [0, 0.05) is 13.1 Å². The monoisotopic (exact) mass is 509 g/mol. The quantitative estimate of drug-likeness (QED) is 0.335. The summed E-state index contributed by atoms with van der Waals surface area (Å²) in [7, 11) is 2.07. The van der Waals surface area contributed by atoms with E-state index in [-0.39, 0.29) is 24.0 Å². The van der Waals surface area contributed by atoms with E-state index < -0.39 is 6.10 Å². The molecule has 0 bridgehead atoms. The highest BCUT2D eigenvalue weighted by Crippen LogP contribution is 2.45. The molecule has 37 heavy (non-hydrogen) atoms. The molecule has 1 unspecified atom stereocenters. The summed E-state index contributed by atoms with van der Waals surface area (Å²) in [5.41, 5.74) is 3.75. The number of nitrogens with zero attached hydrogens (tertiary/aromatic N) is 1. The van der Waals surface area contributed by atoms with Crippen LogP contribution in [0.5, 0.6) is 11.5 Å². The number of likely N-dealkylation sites (N-methyl/N-ethyl adjacent to an activating group) is 1. The summed E-state index contributed by atoms with van der Waals surface area (Å²) in [6.07, 6.45) is 2.16. The average Bonchev–Trinajstić information content (AvgIpc) is 3.38. The van der Waals surface area contributed by atoms with Crippen LogP contribution in [0.1, 0.15) is 48.1 Å². The standard InChI is InChI=1S/C30H33F2NO4/c1-3-30(26-19-28-27(35-20-36-28)18-23(26)12-16-37-30)13-14-33(2)15-17-34-29(21-4-8-24(31)9-5-21)22-6-10-25(32)11-7-22/h4-11,18-19,29H,3,12-17,20H2,1-2H3. The molecule has 0 amide bonds. The summed E-state index contributed by atoms with van der Waals surface area (Å²) < 4.78 is 50.9. The molecule has 7 heteroatoms. The van der Waals surface area contributed by atoms with Crippen LogP contribution in [0.25, 0.3) is 0 Å². The summed E-state index contributed by atoms with van der Waals surface area (Å²) in [5.74, 6) is 0.997. The lowest BCUT2D eigenvalue weighted by atomic mass is 9.81. The lowest BCUT2D eigenvalue weighted by Crippen LogP contribution is -2.38. The van der Waals surface area contributed by atoms with Crippen LogP contribution in [0.4, 0.5) is 8.78 Å². The van der Waals surface area contributed by atoms with E-state index in [1.165, 1.54) is 35.4 Å². The Morgan fingerprint density at radius 2 is 1.54 bits per heavy atom. The van der Waals surface area contributed by atoms with Gasteiger partial charge in [0.2, 0.25) is 6.79 Å². The van der Waals surface area contributed by atoms with Crippen molar-refractivity contribution in [2.24, 2.45) is 0 Å². The number of fused-ring (bicyclic) bond motifs is 2. The molecule has 3 aromatic rings. The summed E-state index contributed by atoms with van der Waals surface area (Å²) in [6.45, 7) is 5.10. The van der Waals surface area contributed by atoms with Crippen molar-refractivity contribution in [1.82, 2.24) is 4.90 Å². The van der Waals surface area contributed by atoms with Crippen LogP contribution in [-0.4, -0.2) is 45.0 Å². The maximum absolute atomic E-state index is 13.5. The van der Waals surface area contributed by atoms with Crippen LogP contribution >= 0.6 is 0 Å². The fourth-order valence-electron chi connectivity index (χ4n) is 5.19. The highest BCUT2D eigenvalue weighted by atomic mass is 19.1. The first-order valence-corrected chi connectivity index (χ1v) is 12.9. The second-order valence-corrected chi connectivity index (χ2v) is 9.72. The Labute approximate surface area is 216 Å². The van der Waals surface area contributed by atoms with Crippen LogP contribution in [0, 0.1) is 11.6 Å². The summed E-state index contributed by atoms with van der Waals surface area (Å²) >= 11 is 0. The van der Waals surface area contributed by atoms with Gasteiger partial charge >= 0.3 is 0 Å². The zero-order chi connectivity index (χ0) is 25.8. The molecular weight excluding hydrogens is 476 g/mol. The lowest BCUT2D eigenvalue weighted by molar-refractivity contribution is -0.0740. The Hall–Kier alpha value is -3.00. The molecule has 2 aliphatic heterocycles. The highest BCUT2D eigenvalue weighted by molar-refractivity contribution is 5.51. The van der Waals surface area contributed by atoms with Crippen LogP contribution < -0.4 is 9.47 Å². The van der Waals surface area contributed by atoms with E-state index in [4.69, 9.17) is 18.9 Å². The molecular formula is C30H33F2NO4. The predicted molar refractivity (Wildman–Crippen MR) is 137 cm³/mol. The van der Waals surface area contributed by atoms with Gasteiger partial charge in [0.25, 0.3) is 0 Å². The van der Waals surface area contributed by atoms with Crippen molar-refractivity contribution in [2.75, 3.05) is 40.1 Å². The molecule has 0 aromatic heterocycles. The minimum atomic E-state index is -0.408. The maximum atomic E-state index is 13.5. The Bertz CT molecular complexity index is 1160. The SMILES string of the molecule is CCC1(CCN(C)CCOC(c2ccc(F)cc2)c2ccc(F)cc2)OCCc2cc3c(cc21)OCO3. The van der Waals surface area contributed by atoms with Gasteiger partial charge in [0.1, 0.15) is 17.7 Å². The molecule has 0 spiro atoms. The fourth-order valence-corrected chi connectivity index (χ4v) is 5.19. The van der Waals surface area contributed by atoms with Gasteiger partial charge in [-0.1, -0.05) is 31.2 Å². The summed E-state index contributed by atoms with van der Waals surface area (Å²) in [4.78, 5) is 2.23. The molecule has 0 fully saturated rings. The Kier molecular flexibility index (Phi) is 7.74. The Morgan fingerprint density at radius 3 is 2.16 bits per heavy atom. The second kappa shape index (κ2) is 11.2. The first kappa shape index (κ1) is 25.6. The van der Waals surface area contributed by atoms with E-state index in [1.807, 2.05) is 0 Å². The number of ether oxygens (including phenoxy) is 4. The normalized spacial score (nSPS) is 18.4. The first-order chi connectivity index (χ1) is 18.0. The van der Waals surface area contributed by atoms with E-state index >= 15 is 0 Å². The van der Waals surface area contributed by atoms with Crippen molar-refractivity contribution in [3.8, 4) is 11.5 Å². The van der Waals surface area contributed by atoms with Crippen molar-refractivity contribution in [3.05, 3.63) is 94.6 Å². The number of hydrogen-bond donors (Lipinski definition) is 0. The second-order valence-electron chi connectivity index (χ2n) is 9.72. The fraction of sp³-hybridized carbons (Fsp3) is 0.400. The molecule has 2 heterocycles. The molecule has 1 atom stereocenters.